The maximum atomic E-state index is 11.1. The molecule has 1 N–H and O–H groups in total. The summed E-state index contributed by atoms with van der Waals surface area (Å²) in [6, 6.07) is 15.1. The lowest BCUT2D eigenvalue weighted by atomic mass is 10.1. The van der Waals surface area contributed by atoms with Crippen molar-refractivity contribution in [2.24, 2.45) is 0 Å². The van der Waals surface area contributed by atoms with Gasteiger partial charge < -0.3 is 9.84 Å². The highest BCUT2D eigenvalue weighted by Crippen LogP contribution is 2.17. The van der Waals surface area contributed by atoms with Gasteiger partial charge in [-0.15, -0.1) is 0 Å². The van der Waals surface area contributed by atoms with Gasteiger partial charge in [0, 0.05) is 11.5 Å². The Bertz CT molecular complexity index is 610. The topological polar surface area (TPSA) is 46.5 Å². The normalized spacial score (nSPS) is 10.3. The van der Waals surface area contributed by atoms with Crippen LogP contribution in [0.25, 0.3) is 0 Å². The summed E-state index contributed by atoms with van der Waals surface area (Å²) in [6.45, 7) is 2.65. The molecule has 0 aliphatic rings. The number of hydrogen-bond acceptors (Lipinski definition) is 3. The summed E-state index contributed by atoms with van der Waals surface area (Å²) in [6.07, 6.45) is 0. The molecule has 3 nitrogen and oxygen atoms in total. The third-order valence-electron chi connectivity index (χ3n) is 2.99. The van der Waals surface area contributed by atoms with E-state index in [1.807, 2.05) is 43.3 Å². The van der Waals surface area contributed by atoms with E-state index in [4.69, 9.17) is 9.84 Å². The van der Waals surface area contributed by atoms with Crippen molar-refractivity contribution in [3.05, 3.63) is 65.2 Å². The highest BCUT2D eigenvalue weighted by atomic mass is 32.2. The van der Waals surface area contributed by atoms with E-state index in [1.165, 1.54) is 5.56 Å². The Morgan fingerprint density at radius 2 is 2.00 bits per heavy atom. The van der Waals surface area contributed by atoms with Crippen molar-refractivity contribution < 1.29 is 14.6 Å². The first-order valence-electron chi connectivity index (χ1n) is 6.75. The van der Waals surface area contributed by atoms with Crippen molar-refractivity contribution >= 4 is 17.7 Å². The molecule has 2 rings (SSSR count). The highest BCUT2D eigenvalue weighted by molar-refractivity contribution is 7.98. The van der Waals surface area contributed by atoms with Crippen LogP contribution in [0, 0.1) is 6.92 Å². The first-order chi connectivity index (χ1) is 10.2. The summed E-state index contributed by atoms with van der Waals surface area (Å²) in [4.78, 5) is 11.1. The zero-order valence-electron chi connectivity index (χ0n) is 11.9. The number of ether oxygens (including phenoxy) is 1. The molecule has 0 saturated carbocycles. The van der Waals surface area contributed by atoms with Crippen LogP contribution in [0.4, 0.5) is 0 Å². The van der Waals surface area contributed by atoms with Crippen LogP contribution in [-0.2, 0) is 5.75 Å². The van der Waals surface area contributed by atoms with Crippen LogP contribution >= 0.6 is 11.8 Å². The molecular weight excluding hydrogens is 284 g/mol. The quantitative estimate of drug-likeness (QED) is 0.785. The van der Waals surface area contributed by atoms with Crippen LogP contribution in [0.5, 0.6) is 5.75 Å². The summed E-state index contributed by atoms with van der Waals surface area (Å²) in [5.41, 5.74) is 2.41. The molecular formula is C17H18O3S. The molecule has 21 heavy (non-hydrogen) atoms. The zero-order valence-corrected chi connectivity index (χ0v) is 12.7. The number of carbonyl (C=O) groups is 1. The lowest BCUT2D eigenvalue weighted by molar-refractivity contribution is 0.0696. The van der Waals surface area contributed by atoms with Crippen molar-refractivity contribution in [3.63, 3.8) is 0 Å². The fourth-order valence-corrected chi connectivity index (χ4v) is 2.78. The van der Waals surface area contributed by atoms with E-state index in [1.54, 1.807) is 23.9 Å². The Hall–Kier alpha value is -1.94. The molecule has 0 bridgehead atoms. The fraction of sp³-hybridized carbons (Fsp3) is 0.235. The second-order valence-electron chi connectivity index (χ2n) is 4.68. The van der Waals surface area contributed by atoms with Crippen LogP contribution in [-0.4, -0.2) is 23.4 Å². The van der Waals surface area contributed by atoms with Crippen LogP contribution in [0.15, 0.2) is 48.5 Å². The molecule has 0 spiro atoms. The monoisotopic (exact) mass is 302 g/mol. The van der Waals surface area contributed by atoms with Crippen molar-refractivity contribution in [1.82, 2.24) is 0 Å². The zero-order chi connectivity index (χ0) is 15.1. The summed E-state index contributed by atoms with van der Waals surface area (Å²) >= 11 is 1.67. The molecule has 0 atom stereocenters. The summed E-state index contributed by atoms with van der Waals surface area (Å²) in [5, 5.41) is 9.11. The number of aromatic carboxylic acids is 1. The second kappa shape index (κ2) is 7.74. The molecule has 0 heterocycles. The molecule has 0 radical (unpaired) electrons. The Morgan fingerprint density at radius 1 is 1.19 bits per heavy atom. The minimum Gasteiger partial charge on any atom is -0.493 e. The lowest BCUT2D eigenvalue weighted by Crippen LogP contribution is -2.03. The number of benzene rings is 2. The number of carboxylic acids is 1. The smallest absolute Gasteiger partial charge is 0.335 e. The van der Waals surface area contributed by atoms with E-state index in [0.29, 0.717) is 17.9 Å². The minimum atomic E-state index is -0.873. The van der Waals surface area contributed by atoms with Crippen LogP contribution in [0.1, 0.15) is 21.5 Å². The summed E-state index contributed by atoms with van der Waals surface area (Å²) in [7, 11) is 0. The number of aryl methyl sites for hydroxylation is 1. The average Bonchev–Trinajstić information content (AvgIpc) is 2.47. The van der Waals surface area contributed by atoms with Gasteiger partial charge in [0.05, 0.1) is 12.2 Å². The van der Waals surface area contributed by atoms with Crippen molar-refractivity contribution in [2.45, 2.75) is 12.7 Å². The molecule has 0 unspecified atom stereocenters. The van der Waals surface area contributed by atoms with Crippen LogP contribution < -0.4 is 4.74 Å². The van der Waals surface area contributed by atoms with Crippen molar-refractivity contribution in [3.8, 4) is 5.75 Å². The largest absolute Gasteiger partial charge is 0.493 e. The van der Waals surface area contributed by atoms with Gasteiger partial charge in [-0.3, -0.25) is 0 Å². The minimum absolute atomic E-state index is 0.379. The Balaban J connectivity index is 1.76. The van der Waals surface area contributed by atoms with E-state index in [0.717, 1.165) is 17.1 Å². The number of carboxylic acid groups (broad SMARTS) is 1. The van der Waals surface area contributed by atoms with Gasteiger partial charge in [0.1, 0.15) is 5.75 Å². The fourth-order valence-electron chi connectivity index (χ4n) is 1.96. The molecule has 2 aromatic rings. The predicted molar refractivity (Wildman–Crippen MR) is 86.2 cm³/mol. The van der Waals surface area contributed by atoms with Gasteiger partial charge in [0.15, 0.2) is 0 Å². The first kappa shape index (κ1) is 15.4. The van der Waals surface area contributed by atoms with Crippen LogP contribution in [0.2, 0.25) is 0 Å². The van der Waals surface area contributed by atoms with Gasteiger partial charge in [-0.1, -0.05) is 30.3 Å². The molecule has 0 aliphatic heterocycles. The van der Waals surface area contributed by atoms with Gasteiger partial charge in [-0.05, 0) is 36.2 Å². The maximum Gasteiger partial charge on any atom is 0.335 e. The molecule has 0 saturated heterocycles. The van der Waals surface area contributed by atoms with Crippen molar-refractivity contribution in [1.29, 1.82) is 0 Å². The molecule has 110 valence electrons. The first-order valence-corrected chi connectivity index (χ1v) is 7.90. The number of hydrogen-bond donors (Lipinski definition) is 1. The summed E-state index contributed by atoms with van der Waals surface area (Å²) < 4.78 is 5.67. The maximum absolute atomic E-state index is 11.1. The Labute approximate surface area is 129 Å². The Kier molecular flexibility index (Phi) is 5.69. The van der Waals surface area contributed by atoms with Crippen LogP contribution in [0.3, 0.4) is 0 Å². The SMILES string of the molecule is Cc1cccc(OCCSCc2ccccc2C(=O)O)c1. The molecule has 0 fully saturated rings. The molecule has 0 amide bonds. The van der Waals surface area contributed by atoms with E-state index in [9.17, 15) is 4.79 Å². The van der Waals surface area contributed by atoms with Crippen molar-refractivity contribution in [2.75, 3.05) is 12.4 Å². The lowest BCUT2D eigenvalue weighted by Gasteiger charge is -2.08. The number of rotatable bonds is 7. The third-order valence-corrected chi connectivity index (χ3v) is 3.96. The van der Waals surface area contributed by atoms with E-state index < -0.39 is 5.97 Å². The van der Waals surface area contributed by atoms with Gasteiger partial charge in [0.25, 0.3) is 0 Å². The van der Waals surface area contributed by atoms with E-state index in [-0.39, 0.29) is 0 Å². The molecule has 2 aromatic carbocycles. The standard InChI is InChI=1S/C17H18O3S/c1-13-5-4-7-15(11-13)20-9-10-21-12-14-6-2-3-8-16(14)17(18)19/h2-8,11H,9-10,12H2,1H3,(H,18,19). The number of thioether (sulfide) groups is 1. The highest BCUT2D eigenvalue weighted by Gasteiger charge is 2.08. The summed E-state index contributed by atoms with van der Waals surface area (Å²) in [5.74, 6) is 1.51. The molecule has 0 aromatic heterocycles. The Morgan fingerprint density at radius 3 is 2.76 bits per heavy atom. The predicted octanol–water partition coefficient (Wildman–Crippen LogP) is 4.01. The second-order valence-corrected chi connectivity index (χ2v) is 5.79. The van der Waals surface area contributed by atoms with Gasteiger partial charge in [-0.2, -0.15) is 11.8 Å². The van der Waals surface area contributed by atoms with Gasteiger partial charge in [0.2, 0.25) is 0 Å². The van der Waals surface area contributed by atoms with Gasteiger partial charge in [-0.25, -0.2) is 4.79 Å². The molecule has 0 aliphatic carbocycles. The average molecular weight is 302 g/mol. The molecule has 4 heteroatoms. The van der Waals surface area contributed by atoms with E-state index in [2.05, 4.69) is 0 Å². The van der Waals surface area contributed by atoms with Gasteiger partial charge >= 0.3 is 5.97 Å². The van der Waals surface area contributed by atoms with E-state index >= 15 is 0 Å². The third kappa shape index (κ3) is 4.83.